The van der Waals surface area contributed by atoms with Crippen LogP contribution in [0.15, 0.2) is 4.52 Å². The SMILES string of the molecule is Cc1noc(N(C)CC2CCNC2)n1. The molecule has 1 unspecified atom stereocenters. The van der Waals surface area contributed by atoms with Gasteiger partial charge in [0.05, 0.1) is 0 Å². The molecule has 1 saturated heterocycles. The van der Waals surface area contributed by atoms with Crippen molar-refractivity contribution in [1.82, 2.24) is 15.5 Å². The Bertz CT molecular complexity index is 293. The molecular weight excluding hydrogens is 180 g/mol. The quantitative estimate of drug-likeness (QED) is 0.759. The molecule has 0 bridgehead atoms. The van der Waals surface area contributed by atoms with Gasteiger partial charge in [-0.05, 0) is 32.4 Å². The average Bonchev–Trinajstić information content (AvgIpc) is 2.75. The second kappa shape index (κ2) is 3.96. The highest BCUT2D eigenvalue weighted by Crippen LogP contribution is 2.14. The van der Waals surface area contributed by atoms with Crippen molar-refractivity contribution in [3.63, 3.8) is 0 Å². The molecule has 1 aliphatic rings. The monoisotopic (exact) mass is 196 g/mol. The summed E-state index contributed by atoms with van der Waals surface area (Å²) in [4.78, 5) is 6.21. The lowest BCUT2D eigenvalue weighted by Crippen LogP contribution is -2.26. The highest BCUT2D eigenvalue weighted by Gasteiger charge is 2.18. The number of hydrogen-bond donors (Lipinski definition) is 1. The van der Waals surface area contributed by atoms with Gasteiger partial charge in [0.15, 0.2) is 5.82 Å². The fourth-order valence-electron chi connectivity index (χ4n) is 1.78. The van der Waals surface area contributed by atoms with E-state index in [1.807, 2.05) is 18.9 Å². The minimum Gasteiger partial charge on any atom is -0.327 e. The minimum atomic E-state index is 0.620. The summed E-state index contributed by atoms with van der Waals surface area (Å²) in [6.45, 7) is 5.03. The van der Waals surface area contributed by atoms with Crippen LogP contribution in [-0.2, 0) is 0 Å². The van der Waals surface area contributed by atoms with Crippen molar-refractivity contribution >= 4 is 6.01 Å². The lowest BCUT2D eigenvalue weighted by Gasteiger charge is -2.17. The van der Waals surface area contributed by atoms with Crippen molar-refractivity contribution in [2.24, 2.45) is 5.92 Å². The fraction of sp³-hybridized carbons (Fsp3) is 0.778. The molecule has 1 aromatic rings. The van der Waals surface area contributed by atoms with Crippen molar-refractivity contribution < 1.29 is 4.52 Å². The Labute approximate surface area is 83.5 Å². The molecular formula is C9H16N4O. The number of hydrogen-bond acceptors (Lipinski definition) is 5. The van der Waals surface area contributed by atoms with Gasteiger partial charge < -0.3 is 14.7 Å². The first-order chi connectivity index (χ1) is 6.75. The molecule has 1 atom stereocenters. The largest absolute Gasteiger partial charge is 0.327 e. The summed E-state index contributed by atoms with van der Waals surface area (Å²) in [7, 11) is 1.99. The molecule has 2 rings (SSSR count). The molecule has 2 heterocycles. The summed E-state index contributed by atoms with van der Waals surface area (Å²) in [6.07, 6.45) is 1.23. The van der Waals surface area contributed by atoms with Gasteiger partial charge in [-0.2, -0.15) is 4.98 Å². The Hall–Kier alpha value is -1.10. The maximum absolute atomic E-state index is 5.08. The van der Waals surface area contributed by atoms with Crippen LogP contribution in [0.3, 0.4) is 0 Å². The van der Waals surface area contributed by atoms with Gasteiger partial charge in [-0.1, -0.05) is 5.16 Å². The lowest BCUT2D eigenvalue weighted by molar-refractivity contribution is 0.406. The van der Waals surface area contributed by atoms with Crippen LogP contribution in [0.25, 0.3) is 0 Å². The van der Waals surface area contributed by atoms with Gasteiger partial charge >= 0.3 is 6.01 Å². The number of aromatic nitrogens is 2. The average molecular weight is 196 g/mol. The summed E-state index contributed by atoms with van der Waals surface area (Å²) < 4.78 is 5.08. The molecule has 5 nitrogen and oxygen atoms in total. The Morgan fingerprint density at radius 1 is 1.64 bits per heavy atom. The summed E-state index contributed by atoms with van der Waals surface area (Å²) in [5, 5.41) is 7.11. The second-order valence-corrected chi connectivity index (χ2v) is 3.86. The molecule has 0 saturated carbocycles. The van der Waals surface area contributed by atoms with Gasteiger partial charge in [-0.3, -0.25) is 0 Å². The Kier molecular flexibility index (Phi) is 2.67. The van der Waals surface area contributed by atoms with E-state index in [-0.39, 0.29) is 0 Å². The van der Waals surface area contributed by atoms with Gasteiger partial charge in [-0.15, -0.1) is 0 Å². The molecule has 0 radical (unpaired) electrons. The Morgan fingerprint density at radius 3 is 3.07 bits per heavy atom. The normalized spacial score (nSPS) is 21.4. The van der Waals surface area contributed by atoms with E-state index < -0.39 is 0 Å². The molecule has 1 fully saturated rings. The highest BCUT2D eigenvalue weighted by atomic mass is 16.5. The van der Waals surface area contributed by atoms with Crippen LogP contribution < -0.4 is 10.2 Å². The van der Waals surface area contributed by atoms with Crippen molar-refractivity contribution in [2.45, 2.75) is 13.3 Å². The van der Waals surface area contributed by atoms with Crippen LogP contribution in [0.1, 0.15) is 12.2 Å². The molecule has 0 spiro atoms. The van der Waals surface area contributed by atoms with E-state index in [1.54, 1.807) is 0 Å². The van der Waals surface area contributed by atoms with E-state index >= 15 is 0 Å². The van der Waals surface area contributed by atoms with E-state index in [1.165, 1.54) is 6.42 Å². The van der Waals surface area contributed by atoms with Crippen molar-refractivity contribution in [3.8, 4) is 0 Å². The van der Waals surface area contributed by atoms with E-state index in [0.717, 1.165) is 19.6 Å². The first-order valence-corrected chi connectivity index (χ1v) is 4.98. The maximum atomic E-state index is 5.08. The van der Waals surface area contributed by atoms with Gasteiger partial charge in [0, 0.05) is 13.6 Å². The first kappa shape index (κ1) is 9.45. The molecule has 5 heteroatoms. The zero-order valence-electron chi connectivity index (χ0n) is 8.66. The predicted octanol–water partition coefficient (Wildman–Crippen LogP) is 0.424. The second-order valence-electron chi connectivity index (χ2n) is 3.86. The molecule has 0 amide bonds. The van der Waals surface area contributed by atoms with E-state index in [2.05, 4.69) is 15.5 Å². The third-order valence-electron chi connectivity index (χ3n) is 2.54. The highest BCUT2D eigenvalue weighted by molar-refractivity contribution is 5.22. The molecule has 0 aromatic carbocycles. The number of nitrogens with zero attached hydrogens (tertiary/aromatic N) is 3. The van der Waals surface area contributed by atoms with Crippen LogP contribution in [0.5, 0.6) is 0 Å². The maximum Gasteiger partial charge on any atom is 0.323 e. The molecule has 0 aliphatic carbocycles. The Morgan fingerprint density at radius 2 is 2.50 bits per heavy atom. The van der Waals surface area contributed by atoms with Gasteiger partial charge in [0.2, 0.25) is 0 Å². The smallest absolute Gasteiger partial charge is 0.323 e. The van der Waals surface area contributed by atoms with E-state index in [4.69, 9.17) is 4.52 Å². The van der Waals surface area contributed by atoms with Crippen LogP contribution >= 0.6 is 0 Å². The zero-order valence-corrected chi connectivity index (χ0v) is 8.66. The van der Waals surface area contributed by atoms with Crippen LogP contribution in [0.4, 0.5) is 6.01 Å². The molecule has 14 heavy (non-hydrogen) atoms. The topological polar surface area (TPSA) is 54.2 Å². The lowest BCUT2D eigenvalue weighted by atomic mass is 10.1. The first-order valence-electron chi connectivity index (χ1n) is 4.98. The summed E-state index contributed by atoms with van der Waals surface area (Å²) >= 11 is 0. The molecule has 1 N–H and O–H groups in total. The predicted molar refractivity (Wildman–Crippen MR) is 53.3 cm³/mol. The van der Waals surface area contributed by atoms with Gasteiger partial charge in [0.25, 0.3) is 0 Å². The third-order valence-corrected chi connectivity index (χ3v) is 2.54. The molecule has 1 aliphatic heterocycles. The van der Waals surface area contributed by atoms with Crippen molar-refractivity contribution in [2.75, 3.05) is 31.6 Å². The number of aryl methyl sites for hydroxylation is 1. The van der Waals surface area contributed by atoms with Crippen LogP contribution in [0.2, 0.25) is 0 Å². The van der Waals surface area contributed by atoms with Gasteiger partial charge in [-0.25, -0.2) is 0 Å². The zero-order chi connectivity index (χ0) is 9.97. The summed E-state index contributed by atoms with van der Waals surface area (Å²) in [5.74, 6) is 1.39. The molecule has 78 valence electrons. The number of rotatable bonds is 3. The summed E-state index contributed by atoms with van der Waals surface area (Å²) in [5.41, 5.74) is 0. The molecule has 1 aromatic heterocycles. The third kappa shape index (κ3) is 2.04. The van der Waals surface area contributed by atoms with Crippen LogP contribution in [0, 0.1) is 12.8 Å². The van der Waals surface area contributed by atoms with Crippen LogP contribution in [-0.4, -0.2) is 36.8 Å². The van der Waals surface area contributed by atoms with E-state index in [0.29, 0.717) is 17.8 Å². The van der Waals surface area contributed by atoms with Crippen molar-refractivity contribution in [3.05, 3.63) is 5.82 Å². The fourth-order valence-corrected chi connectivity index (χ4v) is 1.78. The van der Waals surface area contributed by atoms with Crippen molar-refractivity contribution in [1.29, 1.82) is 0 Å². The number of anilines is 1. The Balaban J connectivity index is 1.91. The standard InChI is InChI=1S/C9H16N4O/c1-7-11-9(14-12-7)13(2)6-8-3-4-10-5-8/h8,10H,3-6H2,1-2H3. The summed E-state index contributed by atoms with van der Waals surface area (Å²) in [6, 6.07) is 0.620. The minimum absolute atomic E-state index is 0.620. The van der Waals surface area contributed by atoms with Gasteiger partial charge in [0.1, 0.15) is 0 Å². The van der Waals surface area contributed by atoms with E-state index in [9.17, 15) is 0 Å². The number of nitrogens with one attached hydrogen (secondary N) is 1.